The number of rotatable bonds is 3. The molecule has 0 saturated carbocycles. The average molecular weight is 447 g/mol. The third kappa shape index (κ3) is 2.82. The molecule has 3 heterocycles. The van der Waals surface area contributed by atoms with Gasteiger partial charge in [0.1, 0.15) is 5.76 Å². The molecule has 3 N–H and O–H groups in total. The van der Waals surface area contributed by atoms with Gasteiger partial charge in [-0.05, 0) is 30.7 Å². The highest BCUT2D eigenvalue weighted by Gasteiger charge is 2.48. The summed E-state index contributed by atoms with van der Waals surface area (Å²) < 4.78 is 0. The van der Waals surface area contributed by atoms with E-state index in [1.165, 1.54) is 4.90 Å². The summed E-state index contributed by atoms with van der Waals surface area (Å²) in [5, 5.41) is 13.2. The first kappa shape index (κ1) is 20.1. The number of fused-ring (bicyclic) bond motifs is 2. The lowest BCUT2D eigenvalue weighted by molar-refractivity contribution is -0.132. The Bertz CT molecular complexity index is 1640. The monoisotopic (exact) mass is 447 g/mol. The number of ketones is 1. The number of benzene rings is 3. The second-order valence-corrected chi connectivity index (χ2v) is 8.49. The van der Waals surface area contributed by atoms with E-state index >= 15 is 0 Å². The van der Waals surface area contributed by atoms with E-state index in [4.69, 9.17) is 0 Å². The number of amides is 1. The predicted octanol–water partition coefficient (Wildman–Crippen LogP) is 5.58. The highest BCUT2D eigenvalue weighted by Crippen LogP contribution is 2.45. The minimum atomic E-state index is -0.786. The Morgan fingerprint density at radius 3 is 2.21 bits per heavy atom. The molecule has 1 unspecified atom stereocenters. The molecule has 6 nitrogen and oxygen atoms in total. The number of nitrogens with zero attached hydrogens (tertiary/aromatic N) is 1. The van der Waals surface area contributed by atoms with Crippen molar-refractivity contribution in [2.75, 3.05) is 4.90 Å². The molecule has 2 aromatic heterocycles. The van der Waals surface area contributed by atoms with Crippen LogP contribution in [0.25, 0.3) is 27.6 Å². The lowest BCUT2D eigenvalue weighted by Crippen LogP contribution is -2.30. The van der Waals surface area contributed by atoms with Crippen molar-refractivity contribution in [3.63, 3.8) is 0 Å². The molecule has 0 spiro atoms. The Morgan fingerprint density at radius 2 is 1.44 bits per heavy atom. The van der Waals surface area contributed by atoms with Crippen LogP contribution in [0.2, 0.25) is 0 Å². The summed E-state index contributed by atoms with van der Waals surface area (Å²) in [5.41, 5.74) is 4.53. The maximum atomic E-state index is 13.5. The van der Waals surface area contributed by atoms with Crippen LogP contribution < -0.4 is 4.90 Å². The number of hydrogen-bond acceptors (Lipinski definition) is 3. The summed E-state index contributed by atoms with van der Waals surface area (Å²) in [5.74, 6) is -1.56. The lowest BCUT2D eigenvalue weighted by atomic mass is 9.94. The maximum absolute atomic E-state index is 13.5. The predicted molar refractivity (Wildman–Crippen MR) is 133 cm³/mol. The largest absolute Gasteiger partial charge is 0.507 e. The third-order valence-corrected chi connectivity index (χ3v) is 6.58. The van der Waals surface area contributed by atoms with Gasteiger partial charge in [-0.25, -0.2) is 0 Å². The van der Waals surface area contributed by atoms with Crippen LogP contribution in [-0.2, 0) is 9.59 Å². The molecule has 6 heteroatoms. The van der Waals surface area contributed by atoms with E-state index < -0.39 is 17.7 Å². The number of aromatic nitrogens is 2. The molecular formula is C28H21N3O3. The number of aromatic amines is 2. The number of nitrogens with one attached hydrogen (secondary N) is 2. The minimum absolute atomic E-state index is 0.0720. The molecule has 0 aliphatic carbocycles. The molecule has 166 valence electrons. The van der Waals surface area contributed by atoms with Crippen molar-refractivity contribution < 1.29 is 14.7 Å². The lowest BCUT2D eigenvalue weighted by Gasteiger charge is -2.26. The number of anilines is 1. The Labute approximate surface area is 195 Å². The number of H-pyrrole nitrogens is 2. The first-order valence-corrected chi connectivity index (χ1v) is 11.1. The number of aliphatic hydroxyl groups excluding tert-OH is 1. The molecule has 1 saturated heterocycles. The van der Waals surface area contributed by atoms with Gasteiger partial charge in [0.25, 0.3) is 11.7 Å². The highest BCUT2D eigenvalue weighted by atomic mass is 16.3. The zero-order chi connectivity index (χ0) is 23.4. The van der Waals surface area contributed by atoms with Crippen LogP contribution in [0.5, 0.6) is 0 Å². The van der Waals surface area contributed by atoms with Crippen LogP contribution in [0.4, 0.5) is 5.69 Å². The van der Waals surface area contributed by atoms with Crippen LogP contribution in [0, 0.1) is 6.92 Å². The molecule has 6 rings (SSSR count). The summed E-state index contributed by atoms with van der Waals surface area (Å²) in [6, 6.07) is 21.9. The summed E-state index contributed by atoms with van der Waals surface area (Å²) in [6.45, 7) is 1.90. The molecule has 0 radical (unpaired) electrons. The Kier molecular flexibility index (Phi) is 4.42. The van der Waals surface area contributed by atoms with Crippen molar-refractivity contribution >= 4 is 44.9 Å². The van der Waals surface area contributed by atoms with Gasteiger partial charge in [-0.1, -0.05) is 54.6 Å². The normalized spacial score (nSPS) is 17.8. The maximum Gasteiger partial charge on any atom is 0.300 e. The van der Waals surface area contributed by atoms with Crippen molar-refractivity contribution in [2.24, 2.45) is 0 Å². The van der Waals surface area contributed by atoms with E-state index in [1.54, 1.807) is 6.20 Å². The molecule has 0 bridgehead atoms. The van der Waals surface area contributed by atoms with Gasteiger partial charge in [-0.15, -0.1) is 0 Å². The molecule has 5 aromatic rings. The van der Waals surface area contributed by atoms with Gasteiger partial charge >= 0.3 is 0 Å². The minimum Gasteiger partial charge on any atom is -0.507 e. The van der Waals surface area contributed by atoms with Crippen molar-refractivity contribution in [1.29, 1.82) is 0 Å². The van der Waals surface area contributed by atoms with Crippen LogP contribution in [0.15, 0.2) is 90.8 Å². The number of hydrogen-bond donors (Lipinski definition) is 3. The molecule has 3 aromatic carbocycles. The van der Waals surface area contributed by atoms with Gasteiger partial charge in [-0.3, -0.25) is 14.5 Å². The quantitative estimate of drug-likeness (QED) is 0.192. The van der Waals surface area contributed by atoms with Gasteiger partial charge in [0.15, 0.2) is 0 Å². The molecule has 34 heavy (non-hydrogen) atoms. The fraction of sp³-hybridized carbons (Fsp3) is 0.0714. The molecule has 1 fully saturated rings. The number of aliphatic hydroxyl groups is 1. The van der Waals surface area contributed by atoms with Gasteiger partial charge in [0.05, 0.1) is 11.6 Å². The molecular weight excluding hydrogens is 426 g/mol. The Hall–Kier alpha value is -4.58. The first-order valence-electron chi connectivity index (χ1n) is 11.1. The highest BCUT2D eigenvalue weighted by molar-refractivity contribution is 6.52. The summed E-state index contributed by atoms with van der Waals surface area (Å²) >= 11 is 0. The van der Waals surface area contributed by atoms with Gasteiger partial charge in [-0.2, -0.15) is 0 Å². The zero-order valence-corrected chi connectivity index (χ0v) is 18.4. The Balaban J connectivity index is 1.66. The van der Waals surface area contributed by atoms with E-state index in [2.05, 4.69) is 9.97 Å². The van der Waals surface area contributed by atoms with Crippen LogP contribution in [0.1, 0.15) is 22.7 Å². The van der Waals surface area contributed by atoms with E-state index in [0.29, 0.717) is 11.3 Å². The second-order valence-electron chi connectivity index (χ2n) is 8.49. The molecule has 1 amide bonds. The number of para-hydroxylation sites is 3. The summed E-state index contributed by atoms with van der Waals surface area (Å²) in [7, 11) is 0. The van der Waals surface area contributed by atoms with E-state index in [1.807, 2.05) is 85.9 Å². The number of aryl methyl sites for hydroxylation is 1. The van der Waals surface area contributed by atoms with Crippen molar-refractivity contribution in [1.82, 2.24) is 9.97 Å². The molecule has 1 atom stereocenters. The number of Topliss-reactive ketones (excluding diaryl/α,β-unsaturated/α-hetero) is 1. The molecule has 1 aliphatic heterocycles. The van der Waals surface area contributed by atoms with Crippen molar-refractivity contribution in [3.05, 3.63) is 107 Å². The van der Waals surface area contributed by atoms with Crippen molar-refractivity contribution in [2.45, 2.75) is 13.0 Å². The second kappa shape index (κ2) is 7.49. The van der Waals surface area contributed by atoms with E-state index in [9.17, 15) is 14.7 Å². The summed E-state index contributed by atoms with van der Waals surface area (Å²) in [6.07, 6.45) is 3.49. The SMILES string of the molecule is Cc1ccccc1N1C(=O)C(=O)/C(=C(/O)c2c[nH]c3ccccc23)C1c1c[nH]c2ccccc12. The van der Waals surface area contributed by atoms with E-state index in [-0.39, 0.29) is 11.3 Å². The zero-order valence-electron chi connectivity index (χ0n) is 18.4. The number of carbonyl (C=O) groups is 2. The summed E-state index contributed by atoms with van der Waals surface area (Å²) in [4.78, 5) is 34.8. The fourth-order valence-electron chi connectivity index (χ4n) is 4.94. The van der Waals surface area contributed by atoms with Crippen LogP contribution >= 0.6 is 0 Å². The first-order chi connectivity index (χ1) is 16.6. The fourth-order valence-corrected chi connectivity index (χ4v) is 4.94. The van der Waals surface area contributed by atoms with Crippen LogP contribution in [-0.4, -0.2) is 26.8 Å². The van der Waals surface area contributed by atoms with Gasteiger partial charge in [0.2, 0.25) is 0 Å². The average Bonchev–Trinajstić information content (AvgIpc) is 3.54. The van der Waals surface area contributed by atoms with Gasteiger partial charge < -0.3 is 15.1 Å². The molecule has 1 aliphatic rings. The van der Waals surface area contributed by atoms with E-state index in [0.717, 1.165) is 32.9 Å². The Morgan fingerprint density at radius 1 is 0.824 bits per heavy atom. The third-order valence-electron chi connectivity index (χ3n) is 6.58. The topological polar surface area (TPSA) is 89.2 Å². The standard InChI is InChI=1S/C28H21N3O3/c1-16-8-2-7-13-23(16)31-25(19-14-29-21-11-5-3-9-17(19)21)24(27(33)28(31)34)26(32)20-15-30-22-12-6-4-10-18(20)22/h2-15,25,29-30,32H,1H3/b26-24+. The smallest absolute Gasteiger partial charge is 0.300 e. The van der Waals surface area contributed by atoms with Gasteiger partial charge in [0, 0.05) is 51.0 Å². The number of carbonyl (C=O) groups excluding carboxylic acids is 2. The van der Waals surface area contributed by atoms with Crippen LogP contribution in [0.3, 0.4) is 0 Å². The van der Waals surface area contributed by atoms with Crippen molar-refractivity contribution in [3.8, 4) is 0 Å².